The minimum atomic E-state index is -0.835. The van der Waals surface area contributed by atoms with Crippen molar-refractivity contribution in [2.75, 3.05) is 32.3 Å². The van der Waals surface area contributed by atoms with Gasteiger partial charge in [-0.15, -0.1) is 0 Å². The molecular weight excluding hydrogens is 190 g/mol. The Bertz CT molecular complexity index is 165. The Labute approximate surface area is 83.0 Å². The molecule has 0 saturated heterocycles. The van der Waals surface area contributed by atoms with Crippen LogP contribution >= 0.6 is 11.8 Å². The Morgan fingerprint density at radius 2 is 2.31 bits per heavy atom. The van der Waals surface area contributed by atoms with Crippen LogP contribution in [-0.2, 0) is 9.53 Å². The van der Waals surface area contributed by atoms with Crippen molar-refractivity contribution in [3.05, 3.63) is 0 Å². The molecule has 0 rings (SSSR count). The number of hydrogen-bond donors (Lipinski definition) is 2. The van der Waals surface area contributed by atoms with Gasteiger partial charge in [-0.05, 0) is 14.0 Å². The van der Waals surface area contributed by atoms with Gasteiger partial charge in [0.25, 0.3) is 0 Å². The van der Waals surface area contributed by atoms with Gasteiger partial charge in [-0.2, -0.15) is 11.8 Å². The van der Waals surface area contributed by atoms with Crippen molar-refractivity contribution in [2.24, 2.45) is 0 Å². The largest absolute Gasteiger partial charge is 0.480 e. The average molecular weight is 207 g/mol. The predicted molar refractivity (Wildman–Crippen MR) is 54.3 cm³/mol. The molecule has 0 bridgehead atoms. The van der Waals surface area contributed by atoms with Crippen LogP contribution in [0, 0.1) is 0 Å². The van der Waals surface area contributed by atoms with Gasteiger partial charge in [-0.3, -0.25) is 4.79 Å². The van der Waals surface area contributed by atoms with E-state index in [1.54, 1.807) is 32.8 Å². The van der Waals surface area contributed by atoms with Crippen LogP contribution < -0.4 is 5.32 Å². The van der Waals surface area contributed by atoms with E-state index in [0.29, 0.717) is 12.4 Å². The normalized spacial score (nSPS) is 15.3. The number of carboxylic acid groups (broad SMARTS) is 1. The quantitative estimate of drug-likeness (QED) is 0.593. The summed E-state index contributed by atoms with van der Waals surface area (Å²) < 4.78 is 4.86. The fourth-order valence-electron chi connectivity index (χ4n) is 0.659. The lowest BCUT2D eigenvalue weighted by atomic mass is 10.1. The standard InChI is InChI=1S/C8H17NO3S/c1-8(9-2,7(10)11)6-13-5-4-12-3/h9H,4-6H2,1-3H3,(H,10,11). The van der Waals surface area contributed by atoms with Gasteiger partial charge < -0.3 is 15.2 Å². The van der Waals surface area contributed by atoms with Crippen LogP contribution in [0.3, 0.4) is 0 Å². The molecule has 0 radical (unpaired) electrons. The van der Waals surface area contributed by atoms with E-state index in [9.17, 15) is 4.79 Å². The third kappa shape index (κ3) is 4.50. The van der Waals surface area contributed by atoms with Crippen molar-refractivity contribution >= 4 is 17.7 Å². The number of nitrogens with one attached hydrogen (secondary N) is 1. The van der Waals surface area contributed by atoms with Crippen molar-refractivity contribution in [1.29, 1.82) is 0 Å². The van der Waals surface area contributed by atoms with E-state index in [1.807, 2.05) is 0 Å². The van der Waals surface area contributed by atoms with Gasteiger partial charge in [0, 0.05) is 18.6 Å². The summed E-state index contributed by atoms with van der Waals surface area (Å²) in [6.07, 6.45) is 0. The third-order valence-corrected chi connectivity index (χ3v) is 3.08. The number of likely N-dealkylation sites (N-methyl/N-ethyl adjacent to an activating group) is 1. The van der Waals surface area contributed by atoms with Gasteiger partial charge in [-0.1, -0.05) is 0 Å². The molecule has 0 aromatic heterocycles. The summed E-state index contributed by atoms with van der Waals surface area (Å²) in [5.74, 6) is 0.545. The number of thioether (sulfide) groups is 1. The maximum Gasteiger partial charge on any atom is 0.324 e. The summed E-state index contributed by atoms with van der Waals surface area (Å²) >= 11 is 1.57. The summed E-state index contributed by atoms with van der Waals surface area (Å²) in [5.41, 5.74) is -0.835. The maximum absolute atomic E-state index is 10.8. The minimum Gasteiger partial charge on any atom is -0.480 e. The SMILES string of the molecule is CNC(C)(CSCCOC)C(=O)O. The highest BCUT2D eigenvalue weighted by atomic mass is 32.2. The van der Waals surface area contributed by atoms with Gasteiger partial charge in [-0.25, -0.2) is 0 Å². The zero-order valence-corrected chi connectivity index (χ0v) is 9.11. The van der Waals surface area contributed by atoms with E-state index in [-0.39, 0.29) is 0 Å². The second kappa shape index (κ2) is 6.23. The summed E-state index contributed by atoms with van der Waals surface area (Å²) in [4.78, 5) is 10.8. The second-order valence-corrected chi connectivity index (χ2v) is 4.04. The number of carbonyl (C=O) groups is 1. The van der Waals surface area contributed by atoms with E-state index in [1.165, 1.54) is 0 Å². The molecule has 2 N–H and O–H groups in total. The zero-order chi connectivity index (χ0) is 10.3. The van der Waals surface area contributed by atoms with Crippen LogP contribution in [0.15, 0.2) is 0 Å². The first-order valence-corrected chi connectivity index (χ1v) is 5.21. The second-order valence-electron chi connectivity index (χ2n) is 2.93. The highest BCUT2D eigenvalue weighted by Gasteiger charge is 2.30. The van der Waals surface area contributed by atoms with Crippen LogP contribution in [0.4, 0.5) is 0 Å². The fraction of sp³-hybridized carbons (Fsp3) is 0.875. The highest BCUT2D eigenvalue weighted by molar-refractivity contribution is 7.99. The first-order chi connectivity index (χ1) is 6.06. The molecule has 1 atom stereocenters. The molecule has 0 aliphatic rings. The van der Waals surface area contributed by atoms with Gasteiger partial charge in [0.15, 0.2) is 0 Å². The van der Waals surface area contributed by atoms with Crippen LogP contribution in [0.5, 0.6) is 0 Å². The Hall–Kier alpha value is -0.260. The Balaban J connectivity index is 3.78. The van der Waals surface area contributed by atoms with Gasteiger partial charge in [0.2, 0.25) is 0 Å². The summed E-state index contributed by atoms with van der Waals surface area (Å²) in [6.45, 7) is 2.33. The van der Waals surface area contributed by atoms with Gasteiger partial charge >= 0.3 is 5.97 Å². The third-order valence-electron chi connectivity index (χ3n) is 1.85. The van der Waals surface area contributed by atoms with Crippen LogP contribution in [0.25, 0.3) is 0 Å². The van der Waals surface area contributed by atoms with Crippen LogP contribution in [0.2, 0.25) is 0 Å². The van der Waals surface area contributed by atoms with Crippen molar-refractivity contribution in [1.82, 2.24) is 5.32 Å². The van der Waals surface area contributed by atoms with Crippen LogP contribution in [0.1, 0.15) is 6.92 Å². The van der Waals surface area contributed by atoms with Crippen molar-refractivity contribution < 1.29 is 14.6 Å². The molecule has 0 fully saturated rings. The first-order valence-electron chi connectivity index (χ1n) is 4.06. The van der Waals surface area contributed by atoms with Crippen molar-refractivity contribution in [3.63, 3.8) is 0 Å². The van der Waals surface area contributed by atoms with Gasteiger partial charge in [0.05, 0.1) is 6.61 Å². The fourth-order valence-corrected chi connectivity index (χ4v) is 1.76. The van der Waals surface area contributed by atoms with E-state index in [0.717, 1.165) is 5.75 Å². The van der Waals surface area contributed by atoms with E-state index in [2.05, 4.69) is 5.32 Å². The number of rotatable bonds is 7. The van der Waals surface area contributed by atoms with E-state index < -0.39 is 11.5 Å². The Morgan fingerprint density at radius 1 is 1.69 bits per heavy atom. The molecule has 0 amide bonds. The molecule has 0 aromatic rings. The van der Waals surface area contributed by atoms with Crippen molar-refractivity contribution in [3.8, 4) is 0 Å². The molecule has 0 aliphatic carbocycles. The monoisotopic (exact) mass is 207 g/mol. The highest BCUT2D eigenvalue weighted by Crippen LogP contribution is 2.12. The number of hydrogen-bond acceptors (Lipinski definition) is 4. The lowest BCUT2D eigenvalue weighted by Crippen LogP contribution is -2.49. The molecule has 0 aliphatic heterocycles. The van der Waals surface area contributed by atoms with E-state index in [4.69, 9.17) is 9.84 Å². The molecule has 1 unspecified atom stereocenters. The topological polar surface area (TPSA) is 58.6 Å². The summed E-state index contributed by atoms with van der Waals surface area (Å²) in [7, 11) is 3.29. The smallest absolute Gasteiger partial charge is 0.324 e. The minimum absolute atomic E-state index is 0.544. The molecule has 5 heteroatoms. The Morgan fingerprint density at radius 3 is 2.69 bits per heavy atom. The lowest BCUT2D eigenvalue weighted by molar-refractivity contribution is -0.142. The van der Waals surface area contributed by atoms with Crippen LogP contribution in [-0.4, -0.2) is 48.9 Å². The molecular formula is C8H17NO3S. The molecule has 78 valence electrons. The maximum atomic E-state index is 10.8. The number of methoxy groups -OCH3 is 1. The molecule has 13 heavy (non-hydrogen) atoms. The zero-order valence-electron chi connectivity index (χ0n) is 8.29. The molecule has 4 nitrogen and oxygen atoms in total. The van der Waals surface area contributed by atoms with Gasteiger partial charge in [0.1, 0.15) is 5.54 Å². The first kappa shape index (κ1) is 12.7. The van der Waals surface area contributed by atoms with Crippen molar-refractivity contribution in [2.45, 2.75) is 12.5 Å². The number of ether oxygens (including phenoxy) is 1. The Kier molecular flexibility index (Phi) is 6.11. The number of carboxylic acids is 1. The molecule has 0 spiro atoms. The molecule has 0 heterocycles. The average Bonchev–Trinajstić information content (AvgIpc) is 2.12. The summed E-state index contributed by atoms with van der Waals surface area (Å²) in [6, 6.07) is 0. The predicted octanol–water partition coefficient (Wildman–Crippen LogP) is 0.429. The number of aliphatic carboxylic acids is 1. The lowest BCUT2D eigenvalue weighted by Gasteiger charge is -2.23. The van der Waals surface area contributed by atoms with E-state index >= 15 is 0 Å². The molecule has 0 aromatic carbocycles. The molecule has 0 saturated carbocycles. The summed E-state index contributed by atoms with van der Waals surface area (Å²) in [5, 5.41) is 11.7.